The molecule has 0 unspecified atom stereocenters. The molecule has 25 heavy (non-hydrogen) atoms. The van der Waals surface area contributed by atoms with E-state index in [1.807, 2.05) is 13.8 Å². The molecule has 6 nitrogen and oxygen atoms in total. The highest BCUT2D eigenvalue weighted by atomic mass is 16.5. The molecule has 0 fully saturated rings. The minimum atomic E-state index is -0.674. The highest BCUT2D eigenvalue weighted by Crippen LogP contribution is 2.31. The number of carbonyl (C=O) groups is 1. The van der Waals surface area contributed by atoms with E-state index in [-0.39, 0.29) is 5.91 Å². The van der Waals surface area contributed by atoms with Crippen molar-refractivity contribution in [2.45, 2.75) is 52.0 Å². The van der Waals surface area contributed by atoms with Crippen molar-refractivity contribution in [2.75, 3.05) is 0 Å². The summed E-state index contributed by atoms with van der Waals surface area (Å²) in [5.74, 6) is 0.842. The van der Waals surface area contributed by atoms with Crippen LogP contribution in [-0.4, -0.2) is 16.0 Å². The van der Waals surface area contributed by atoms with Crippen molar-refractivity contribution < 1.29 is 13.7 Å². The fourth-order valence-corrected chi connectivity index (χ4v) is 3.52. The van der Waals surface area contributed by atoms with Crippen molar-refractivity contribution in [2.24, 2.45) is 0 Å². The lowest BCUT2D eigenvalue weighted by Gasteiger charge is -2.20. The number of hydrogen-bond donors (Lipinski definition) is 1. The third-order valence-electron chi connectivity index (χ3n) is 4.73. The minimum Gasteiger partial charge on any atom is -0.464 e. The van der Waals surface area contributed by atoms with Gasteiger partial charge in [-0.2, -0.15) is 4.98 Å². The van der Waals surface area contributed by atoms with Crippen molar-refractivity contribution in [1.82, 2.24) is 15.5 Å². The van der Waals surface area contributed by atoms with Gasteiger partial charge in [-0.3, -0.25) is 4.79 Å². The average Bonchev–Trinajstić information content (AvgIpc) is 3.24. The molecule has 3 aromatic rings. The van der Waals surface area contributed by atoms with Crippen LogP contribution in [0.3, 0.4) is 0 Å². The fraction of sp³-hybridized carbons (Fsp3) is 0.421. The van der Waals surface area contributed by atoms with Gasteiger partial charge in [-0.05, 0) is 56.4 Å². The first-order chi connectivity index (χ1) is 11.9. The van der Waals surface area contributed by atoms with Crippen molar-refractivity contribution in [3.05, 3.63) is 46.8 Å². The maximum absolute atomic E-state index is 11.3. The number of nitrogens with one attached hydrogen (secondary N) is 1. The molecule has 1 N–H and O–H groups in total. The second kappa shape index (κ2) is 5.72. The van der Waals surface area contributed by atoms with Crippen LogP contribution in [0.4, 0.5) is 0 Å². The zero-order valence-electron chi connectivity index (χ0n) is 14.7. The monoisotopic (exact) mass is 339 g/mol. The first-order valence-electron chi connectivity index (χ1n) is 8.56. The Hall–Kier alpha value is -2.63. The summed E-state index contributed by atoms with van der Waals surface area (Å²) in [6.45, 7) is 5.16. The molecule has 0 spiro atoms. The second-order valence-corrected chi connectivity index (χ2v) is 7.23. The molecular formula is C19H21N3O3. The molecule has 6 heteroatoms. The summed E-state index contributed by atoms with van der Waals surface area (Å²) in [4.78, 5) is 15.8. The van der Waals surface area contributed by atoms with E-state index < -0.39 is 5.54 Å². The summed E-state index contributed by atoms with van der Waals surface area (Å²) < 4.78 is 11.1. The zero-order valence-corrected chi connectivity index (χ0v) is 14.7. The predicted octanol–water partition coefficient (Wildman–Crippen LogP) is 3.27. The Kier molecular flexibility index (Phi) is 3.63. The lowest BCUT2D eigenvalue weighted by atomic mass is 10.0. The van der Waals surface area contributed by atoms with Gasteiger partial charge in [-0.1, -0.05) is 5.16 Å². The van der Waals surface area contributed by atoms with Crippen LogP contribution in [0, 0.1) is 0 Å². The maximum Gasteiger partial charge on any atom is 0.231 e. The zero-order chi connectivity index (χ0) is 17.6. The Morgan fingerprint density at radius 1 is 1.28 bits per heavy atom. The molecule has 0 atom stereocenters. The van der Waals surface area contributed by atoms with Crippen LogP contribution in [0.25, 0.3) is 11.0 Å². The van der Waals surface area contributed by atoms with Crippen molar-refractivity contribution in [3.63, 3.8) is 0 Å². The van der Waals surface area contributed by atoms with Crippen LogP contribution in [0.15, 0.2) is 27.3 Å². The Balaban J connectivity index is 1.61. The molecule has 2 aromatic heterocycles. The summed E-state index contributed by atoms with van der Waals surface area (Å²) in [6, 6.07) is 4.38. The third kappa shape index (κ3) is 2.92. The second-order valence-electron chi connectivity index (χ2n) is 7.23. The maximum atomic E-state index is 11.3. The molecule has 0 saturated heterocycles. The Labute approximate surface area is 145 Å². The highest BCUT2D eigenvalue weighted by molar-refractivity contribution is 5.83. The van der Waals surface area contributed by atoms with Crippen molar-refractivity contribution >= 4 is 16.9 Å². The van der Waals surface area contributed by atoms with Crippen LogP contribution in [0.1, 0.15) is 55.6 Å². The smallest absolute Gasteiger partial charge is 0.231 e. The van der Waals surface area contributed by atoms with Crippen LogP contribution in [-0.2, 0) is 29.6 Å². The van der Waals surface area contributed by atoms with Gasteiger partial charge in [0, 0.05) is 17.9 Å². The van der Waals surface area contributed by atoms with Gasteiger partial charge < -0.3 is 14.3 Å². The van der Waals surface area contributed by atoms with Gasteiger partial charge in [0.15, 0.2) is 5.82 Å². The molecule has 0 saturated carbocycles. The molecule has 130 valence electrons. The average molecular weight is 339 g/mol. The van der Waals surface area contributed by atoms with Gasteiger partial charge >= 0.3 is 0 Å². The Morgan fingerprint density at radius 3 is 2.80 bits per heavy atom. The largest absolute Gasteiger partial charge is 0.464 e. The van der Waals surface area contributed by atoms with E-state index in [4.69, 9.17) is 8.94 Å². The number of benzene rings is 1. The molecule has 4 rings (SSSR count). The van der Waals surface area contributed by atoms with Gasteiger partial charge in [0.25, 0.3) is 0 Å². The summed E-state index contributed by atoms with van der Waals surface area (Å²) in [7, 11) is 0. The topological polar surface area (TPSA) is 81.2 Å². The Bertz CT molecular complexity index is 952. The van der Waals surface area contributed by atoms with Crippen LogP contribution in [0.2, 0.25) is 0 Å². The Morgan fingerprint density at radius 2 is 2.04 bits per heavy atom. The SMILES string of the molecule is CC(=O)NC(C)(C)c1noc(Cc2coc3cc4c(cc23)CCC4)n1. The lowest BCUT2D eigenvalue weighted by molar-refractivity contribution is -0.120. The molecule has 0 radical (unpaired) electrons. The van der Waals surface area contributed by atoms with Crippen molar-refractivity contribution in [1.29, 1.82) is 0 Å². The molecule has 1 amide bonds. The third-order valence-corrected chi connectivity index (χ3v) is 4.73. The molecular weight excluding hydrogens is 318 g/mol. The molecule has 0 bridgehead atoms. The van der Waals surface area contributed by atoms with Gasteiger partial charge in [0.1, 0.15) is 5.58 Å². The molecule has 1 aliphatic carbocycles. The van der Waals surface area contributed by atoms with Crippen LogP contribution >= 0.6 is 0 Å². The van der Waals surface area contributed by atoms with E-state index in [0.29, 0.717) is 18.1 Å². The number of hydrogen-bond acceptors (Lipinski definition) is 5. The van der Waals surface area contributed by atoms with Gasteiger partial charge in [0.05, 0.1) is 18.2 Å². The number of nitrogens with zero attached hydrogens (tertiary/aromatic N) is 2. The molecule has 1 aliphatic rings. The number of carbonyl (C=O) groups excluding carboxylic acids is 1. The number of aryl methyl sites for hydroxylation is 2. The van der Waals surface area contributed by atoms with E-state index >= 15 is 0 Å². The fourth-order valence-electron chi connectivity index (χ4n) is 3.52. The van der Waals surface area contributed by atoms with E-state index in [9.17, 15) is 4.79 Å². The normalized spacial score (nSPS) is 14.0. The standard InChI is InChI=1S/C19H21N3O3/c1-11(23)21-19(2,3)18-20-17(25-22-18)9-14-10-24-16-8-13-6-4-5-12(13)7-15(14)16/h7-8,10H,4-6,9H2,1-3H3,(H,21,23). The molecule has 0 aliphatic heterocycles. The first-order valence-corrected chi connectivity index (χ1v) is 8.56. The van der Waals surface area contributed by atoms with Crippen molar-refractivity contribution in [3.8, 4) is 0 Å². The summed E-state index contributed by atoms with van der Waals surface area (Å²) >= 11 is 0. The predicted molar refractivity (Wildman–Crippen MR) is 92.2 cm³/mol. The summed E-state index contributed by atoms with van der Waals surface area (Å²) in [5, 5.41) is 7.96. The van der Waals surface area contributed by atoms with Gasteiger partial charge in [0.2, 0.25) is 11.8 Å². The number of amides is 1. The van der Waals surface area contributed by atoms with Crippen LogP contribution < -0.4 is 5.32 Å². The van der Waals surface area contributed by atoms with Gasteiger partial charge in [-0.15, -0.1) is 0 Å². The van der Waals surface area contributed by atoms with Crippen LogP contribution in [0.5, 0.6) is 0 Å². The highest BCUT2D eigenvalue weighted by Gasteiger charge is 2.28. The summed E-state index contributed by atoms with van der Waals surface area (Å²) in [6.07, 6.45) is 5.75. The molecule has 1 aromatic carbocycles. The number of rotatable bonds is 4. The number of furan rings is 1. The van der Waals surface area contributed by atoms with E-state index in [1.54, 1.807) is 6.26 Å². The summed E-state index contributed by atoms with van der Waals surface area (Å²) in [5.41, 5.74) is 4.08. The number of fused-ring (bicyclic) bond motifs is 2. The van der Waals surface area contributed by atoms with E-state index in [1.165, 1.54) is 24.5 Å². The number of aromatic nitrogens is 2. The molecule has 2 heterocycles. The van der Waals surface area contributed by atoms with Gasteiger partial charge in [-0.25, -0.2) is 0 Å². The van der Waals surface area contributed by atoms with E-state index in [2.05, 4.69) is 27.6 Å². The lowest BCUT2D eigenvalue weighted by Crippen LogP contribution is -2.40. The van der Waals surface area contributed by atoms with E-state index in [0.717, 1.165) is 29.4 Å². The quantitative estimate of drug-likeness (QED) is 0.789. The minimum absolute atomic E-state index is 0.133. The first kappa shape index (κ1) is 15.9.